The monoisotopic (exact) mass is 310 g/mol. The summed E-state index contributed by atoms with van der Waals surface area (Å²) < 4.78 is 16.7. The lowest BCUT2D eigenvalue weighted by Gasteiger charge is -2.20. The predicted octanol–water partition coefficient (Wildman–Crippen LogP) is 3.45. The van der Waals surface area contributed by atoms with Crippen LogP contribution in [0.5, 0.6) is 0 Å². The molecule has 0 aliphatic carbocycles. The first-order valence-corrected chi connectivity index (χ1v) is 8.25. The third kappa shape index (κ3) is 11.5. The van der Waals surface area contributed by atoms with Crippen LogP contribution in [0.15, 0.2) is 0 Å². The molecule has 0 aromatic heterocycles. The first kappa shape index (κ1) is 20.9. The number of hydrogen-bond acceptors (Lipinski definition) is 5. The fourth-order valence-corrected chi connectivity index (χ4v) is 1.97. The summed E-state index contributed by atoms with van der Waals surface area (Å²) in [5, 5.41) is 17.3. The summed E-state index contributed by atoms with van der Waals surface area (Å²) in [6.07, 6.45) is 4.39. The van der Waals surface area contributed by atoms with Gasteiger partial charge in [0.1, 0.15) is 12.2 Å². The minimum atomic E-state index is -0.463. The Balaban J connectivity index is 4.09. The molecule has 5 heteroatoms. The third-order valence-electron chi connectivity index (χ3n) is 3.48. The molecule has 0 N–H and O–H groups in total. The van der Waals surface area contributed by atoms with Gasteiger partial charge in [0.2, 0.25) is 0 Å². The molecule has 5 nitrogen and oxygen atoms in total. The van der Waals surface area contributed by atoms with E-state index in [4.69, 9.17) is 24.7 Å². The first-order chi connectivity index (χ1) is 10.7. The maximum Gasteiger partial charge on any atom is 0.141 e. The quantitative estimate of drug-likeness (QED) is 0.459. The van der Waals surface area contributed by atoms with Crippen molar-refractivity contribution >= 4 is 0 Å². The molecule has 0 aliphatic rings. The molecular weight excluding hydrogens is 280 g/mol. The second-order valence-electron chi connectivity index (χ2n) is 5.46. The van der Waals surface area contributed by atoms with Crippen LogP contribution in [0.25, 0.3) is 0 Å². The summed E-state index contributed by atoms with van der Waals surface area (Å²) in [6, 6.07) is 4.07. The predicted molar refractivity (Wildman–Crippen MR) is 85.1 cm³/mol. The molecule has 22 heavy (non-hydrogen) atoms. The van der Waals surface area contributed by atoms with E-state index < -0.39 is 6.10 Å². The van der Waals surface area contributed by atoms with Gasteiger partial charge in [0.05, 0.1) is 38.4 Å². The van der Waals surface area contributed by atoms with Crippen LogP contribution in [0, 0.1) is 28.6 Å². The molecular formula is C17H30N2O3. The largest absolute Gasteiger partial charge is 0.378 e. The number of rotatable bonds is 14. The lowest BCUT2D eigenvalue weighted by molar-refractivity contribution is -0.0699. The molecule has 0 amide bonds. The van der Waals surface area contributed by atoms with Gasteiger partial charge in [0, 0.05) is 6.61 Å². The average Bonchev–Trinajstić information content (AvgIpc) is 2.54. The van der Waals surface area contributed by atoms with E-state index in [1.807, 2.05) is 12.1 Å². The first-order valence-electron chi connectivity index (χ1n) is 8.25. The van der Waals surface area contributed by atoms with Gasteiger partial charge in [0.25, 0.3) is 0 Å². The molecule has 3 unspecified atom stereocenters. The highest BCUT2D eigenvalue weighted by Gasteiger charge is 2.14. The van der Waals surface area contributed by atoms with Gasteiger partial charge < -0.3 is 14.2 Å². The maximum atomic E-state index is 8.73. The van der Waals surface area contributed by atoms with Gasteiger partial charge >= 0.3 is 0 Å². The Morgan fingerprint density at radius 3 is 2.41 bits per heavy atom. The van der Waals surface area contributed by atoms with Crippen molar-refractivity contribution in [2.24, 2.45) is 5.92 Å². The Kier molecular flexibility index (Phi) is 14.0. The maximum absolute atomic E-state index is 8.73. The van der Waals surface area contributed by atoms with Crippen LogP contribution < -0.4 is 0 Å². The van der Waals surface area contributed by atoms with Crippen molar-refractivity contribution in [2.75, 3.05) is 26.4 Å². The highest BCUT2D eigenvalue weighted by molar-refractivity contribution is 4.79. The van der Waals surface area contributed by atoms with Gasteiger partial charge in [-0.2, -0.15) is 10.5 Å². The minimum Gasteiger partial charge on any atom is -0.378 e. The Morgan fingerprint density at radius 1 is 1.05 bits per heavy atom. The van der Waals surface area contributed by atoms with Crippen LogP contribution in [0.3, 0.4) is 0 Å². The molecule has 0 aromatic carbocycles. The summed E-state index contributed by atoms with van der Waals surface area (Å²) >= 11 is 0. The Morgan fingerprint density at radius 2 is 1.82 bits per heavy atom. The van der Waals surface area contributed by atoms with Crippen molar-refractivity contribution in [3.05, 3.63) is 0 Å². The lowest BCUT2D eigenvalue weighted by atomic mass is 10.0. The Hall–Kier alpha value is -1.14. The highest BCUT2D eigenvalue weighted by atomic mass is 16.6. The van der Waals surface area contributed by atoms with Gasteiger partial charge in [-0.1, -0.05) is 33.1 Å². The van der Waals surface area contributed by atoms with Crippen molar-refractivity contribution in [3.63, 3.8) is 0 Å². The topological polar surface area (TPSA) is 75.3 Å². The van der Waals surface area contributed by atoms with E-state index in [2.05, 4.69) is 13.8 Å². The summed E-state index contributed by atoms with van der Waals surface area (Å²) in [5.74, 6) is 0.582. The molecule has 0 rings (SSSR count). The van der Waals surface area contributed by atoms with Crippen molar-refractivity contribution in [2.45, 2.75) is 65.1 Å². The van der Waals surface area contributed by atoms with Crippen LogP contribution in [-0.4, -0.2) is 38.6 Å². The van der Waals surface area contributed by atoms with E-state index in [0.717, 1.165) is 13.0 Å². The summed E-state index contributed by atoms with van der Waals surface area (Å²) in [6.45, 7) is 7.91. The number of unbranched alkanes of at least 4 members (excludes halogenated alkanes) is 1. The van der Waals surface area contributed by atoms with Crippen LogP contribution in [0.2, 0.25) is 0 Å². The van der Waals surface area contributed by atoms with E-state index in [1.165, 1.54) is 19.3 Å². The van der Waals surface area contributed by atoms with E-state index in [0.29, 0.717) is 32.2 Å². The standard InChI is InChI=1S/C17H30N2O3/c1-4-6-8-16(5-2)12-20-13-17(21-10-7-9-18)14-22-15(3)11-19/h15-17H,4-8,10,12-14H2,1-3H3. The molecule has 0 spiro atoms. The highest BCUT2D eigenvalue weighted by Crippen LogP contribution is 2.13. The van der Waals surface area contributed by atoms with Crippen LogP contribution in [-0.2, 0) is 14.2 Å². The van der Waals surface area contributed by atoms with Gasteiger partial charge in [-0.25, -0.2) is 0 Å². The average molecular weight is 310 g/mol. The number of nitriles is 2. The third-order valence-corrected chi connectivity index (χ3v) is 3.48. The molecule has 0 fully saturated rings. The number of hydrogen-bond donors (Lipinski definition) is 0. The van der Waals surface area contributed by atoms with Crippen LogP contribution >= 0.6 is 0 Å². The SMILES string of the molecule is CCCCC(CC)COCC(COC(C)C#N)OCCC#N. The van der Waals surface area contributed by atoms with Crippen molar-refractivity contribution < 1.29 is 14.2 Å². The Labute approximate surface area is 135 Å². The molecule has 126 valence electrons. The molecule has 0 heterocycles. The lowest BCUT2D eigenvalue weighted by Crippen LogP contribution is -2.29. The van der Waals surface area contributed by atoms with Crippen molar-refractivity contribution in [1.82, 2.24) is 0 Å². The second-order valence-corrected chi connectivity index (χ2v) is 5.46. The molecule has 0 aromatic rings. The number of nitrogens with zero attached hydrogens (tertiary/aromatic N) is 2. The number of ether oxygens (including phenoxy) is 3. The van der Waals surface area contributed by atoms with Crippen molar-refractivity contribution in [3.8, 4) is 12.1 Å². The fraction of sp³-hybridized carbons (Fsp3) is 0.882. The van der Waals surface area contributed by atoms with Gasteiger partial charge in [-0.3, -0.25) is 0 Å². The molecule has 0 saturated heterocycles. The summed E-state index contributed by atoms with van der Waals surface area (Å²) in [7, 11) is 0. The minimum absolute atomic E-state index is 0.229. The second kappa shape index (κ2) is 14.8. The molecule has 0 radical (unpaired) electrons. The summed E-state index contributed by atoms with van der Waals surface area (Å²) in [5.41, 5.74) is 0. The molecule has 0 bridgehead atoms. The summed E-state index contributed by atoms with van der Waals surface area (Å²) in [4.78, 5) is 0. The molecule has 0 aliphatic heterocycles. The van der Waals surface area contributed by atoms with Crippen LogP contribution in [0.1, 0.15) is 52.9 Å². The normalized spacial score (nSPS) is 14.8. The van der Waals surface area contributed by atoms with Gasteiger partial charge in [0.15, 0.2) is 0 Å². The zero-order chi connectivity index (χ0) is 16.6. The van der Waals surface area contributed by atoms with E-state index in [9.17, 15) is 0 Å². The van der Waals surface area contributed by atoms with E-state index >= 15 is 0 Å². The van der Waals surface area contributed by atoms with Gasteiger partial charge in [-0.05, 0) is 19.3 Å². The zero-order valence-electron chi connectivity index (χ0n) is 14.2. The van der Waals surface area contributed by atoms with Crippen LogP contribution in [0.4, 0.5) is 0 Å². The fourth-order valence-electron chi connectivity index (χ4n) is 1.97. The van der Waals surface area contributed by atoms with E-state index in [1.54, 1.807) is 6.92 Å². The zero-order valence-corrected chi connectivity index (χ0v) is 14.2. The molecule has 0 saturated carbocycles. The van der Waals surface area contributed by atoms with Crippen molar-refractivity contribution in [1.29, 1.82) is 10.5 Å². The van der Waals surface area contributed by atoms with E-state index in [-0.39, 0.29) is 6.10 Å². The van der Waals surface area contributed by atoms with Gasteiger partial charge in [-0.15, -0.1) is 0 Å². The smallest absolute Gasteiger partial charge is 0.141 e. The Bertz CT molecular complexity index is 336. The molecule has 3 atom stereocenters.